The first kappa shape index (κ1) is 30.7. The molecule has 0 bridgehead atoms. The van der Waals surface area contributed by atoms with Crippen LogP contribution in [-0.4, -0.2) is 32.4 Å². The smallest absolute Gasteiger partial charge is 0.271 e. The van der Waals surface area contributed by atoms with Gasteiger partial charge in [0.05, 0.1) is 18.3 Å². The van der Waals surface area contributed by atoms with Gasteiger partial charge < -0.3 is 18.9 Å². The molecule has 1 rings (SSSR count). The first-order valence-electron chi connectivity index (χ1n) is 12.3. The number of benzene rings is 1. The summed E-state index contributed by atoms with van der Waals surface area (Å²) in [4.78, 5) is 0. The molecule has 0 heterocycles. The van der Waals surface area contributed by atoms with Gasteiger partial charge in [-0.25, -0.2) is 22.0 Å². The van der Waals surface area contributed by atoms with Crippen LogP contribution in [0.1, 0.15) is 90.5 Å². The van der Waals surface area contributed by atoms with E-state index in [9.17, 15) is 22.0 Å². The van der Waals surface area contributed by atoms with Crippen LogP contribution in [0.4, 0.5) is 22.0 Å². The Hall–Kier alpha value is -1.29. The van der Waals surface area contributed by atoms with Gasteiger partial charge in [-0.2, -0.15) is 0 Å². The molecule has 1 aromatic carbocycles. The van der Waals surface area contributed by atoms with Crippen LogP contribution in [0.15, 0.2) is 0 Å². The molecular formula is C25H39F5O4. The van der Waals surface area contributed by atoms with Crippen molar-refractivity contribution in [1.29, 1.82) is 0 Å². The minimum Gasteiger partial charge on any atom is -0.377 e. The normalized spacial score (nSPS) is 12.6. The Morgan fingerprint density at radius 2 is 1.12 bits per heavy atom. The van der Waals surface area contributed by atoms with Gasteiger partial charge in [0.2, 0.25) is 5.82 Å². The first-order chi connectivity index (χ1) is 16.4. The molecule has 4 nitrogen and oxygen atoms in total. The van der Waals surface area contributed by atoms with Crippen molar-refractivity contribution in [2.75, 3.05) is 19.8 Å². The molecule has 0 saturated carbocycles. The number of ether oxygens (including phenoxy) is 4. The maximum Gasteiger partial charge on any atom is 0.271 e. The Balaban J connectivity index is 2.53. The lowest BCUT2D eigenvalue weighted by Crippen LogP contribution is -2.28. The van der Waals surface area contributed by atoms with Gasteiger partial charge in [0, 0.05) is 19.8 Å². The van der Waals surface area contributed by atoms with Crippen LogP contribution in [0.5, 0.6) is 0 Å². The molecule has 0 fully saturated rings. The van der Waals surface area contributed by atoms with Crippen molar-refractivity contribution in [3.63, 3.8) is 0 Å². The number of hydrogen-bond donors (Lipinski definition) is 0. The number of unbranched alkanes of at least 4 members (excludes halogenated alkanes) is 6. The first-order valence-corrected chi connectivity index (χ1v) is 12.3. The van der Waals surface area contributed by atoms with E-state index >= 15 is 0 Å². The molecule has 0 aliphatic heterocycles. The standard InChI is InChI=1S/C25H39F5O4/c1-4-7-8-9-10-11-12-14-18(34-25(32-5-2)33-6-3)15-13-16-31-17-19-20(26)22(28)24(30)23(29)21(19)27/h18,25H,4-17H2,1-3H3. The Kier molecular flexibility index (Phi) is 16.3. The highest BCUT2D eigenvalue weighted by Gasteiger charge is 2.25. The van der Waals surface area contributed by atoms with E-state index < -0.39 is 47.7 Å². The molecule has 0 amide bonds. The Labute approximate surface area is 200 Å². The molecule has 1 aromatic rings. The summed E-state index contributed by atoms with van der Waals surface area (Å²) in [7, 11) is 0. The summed E-state index contributed by atoms with van der Waals surface area (Å²) in [6.07, 6.45) is 9.82. The van der Waals surface area contributed by atoms with Crippen molar-refractivity contribution in [3.8, 4) is 0 Å². The third-order valence-corrected chi connectivity index (χ3v) is 5.40. The van der Waals surface area contributed by atoms with Crippen LogP contribution in [0.25, 0.3) is 0 Å². The summed E-state index contributed by atoms with van der Waals surface area (Å²) >= 11 is 0. The largest absolute Gasteiger partial charge is 0.377 e. The molecule has 0 aliphatic rings. The second kappa shape index (κ2) is 18.0. The molecule has 0 radical (unpaired) electrons. The highest BCUT2D eigenvalue weighted by Crippen LogP contribution is 2.24. The maximum absolute atomic E-state index is 13.8. The fourth-order valence-electron chi connectivity index (χ4n) is 3.53. The van der Waals surface area contributed by atoms with Crippen LogP contribution in [-0.2, 0) is 25.6 Å². The fourth-order valence-corrected chi connectivity index (χ4v) is 3.53. The van der Waals surface area contributed by atoms with E-state index in [4.69, 9.17) is 18.9 Å². The average Bonchev–Trinajstić information content (AvgIpc) is 2.82. The van der Waals surface area contributed by atoms with Gasteiger partial charge in [-0.15, -0.1) is 0 Å². The van der Waals surface area contributed by atoms with Crippen molar-refractivity contribution < 1.29 is 40.9 Å². The Morgan fingerprint density at radius 3 is 1.68 bits per heavy atom. The monoisotopic (exact) mass is 498 g/mol. The van der Waals surface area contributed by atoms with Crippen LogP contribution in [0, 0.1) is 29.1 Å². The van der Waals surface area contributed by atoms with Gasteiger partial charge in [0.15, 0.2) is 23.3 Å². The molecule has 1 atom stereocenters. The van der Waals surface area contributed by atoms with E-state index in [1.807, 2.05) is 13.8 Å². The molecule has 34 heavy (non-hydrogen) atoms. The average molecular weight is 499 g/mol. The van der Waals surface area contributed by atoms with Gasteiger partial charge in [-0.05, 0) is 33.1 Å². The zero-order valence-electron chi connectivity index (χ0n) is 20.6. The van der Waals surface area contributed by atoms with E-state index in [1.165, 1.54) is 25.7 Å². The molecule has 0 aromatic heterocycles. The lowest BCUT2D eigenvalue weighted by Gasteiger charge is -2.24. The van der Waals surface area contributed by atoms with Gasteiger partial charge >= 0.3 is 0 Å². The highest BCUT2D eigenvalue weighted by molar-refractivity contribution is 5.23. The summed E-state index contributed by atoms with van der Waals surface area (Å²) in [5.74, 6) is -9.86. The molecule has 198 valence electrons. The summed E-state index contributed by atoms with van der Waals surface area (Å²) in [6.45, 7) is 5.31. The third kappa shape index (κ3) is 11.0. The summed E-state index contributed by atoms with van der Waals surface area (Å²) in [6, 6.07) is 0. The van der Waals surface area contributed by atoms with Gasteiger partial charge in [-0.3, -0.25) is 0 Å². The van der Waals surface area contributed by atoms with Gasteiger partial charge in [0.25, 0.3) is 6.48 Å². The predicted octanol–water partition coefficient (Wildman–Crippen LogP) is 7.56. The highest BCUT2D eigenvalue weighted by atomic mass is 19.2. The molecule has 0 spiro atoms. The van der Waals surface area contributed by atoms with Gasteiger partial charge in [0.1, 0.15) is 0 Å². The maximum atomic E-state index is 13.8. The number of halogens is 5. The molecule has 0 saturated heterocycles. The fraction of sp³-hybridized carbons (Fsp3) is 0.760. The van der Waals surface area contributed by atoms with Crippen LogP contribution in [0.3, 0.4) is 0 Å². The Bertz CT molecular complexity index is 655. The van der Waals surface area contributed by atoms with E-state index in [2.05, 4.69) is 6.92 Å². The zero-order chi connectivity index (χ0) is 25.3. The van der Waals surface area contributed by atoms with Crippen LogP contribution < -0.4 is 0 Å². The van der Waals surface area contributed by atoms with Crippen molar-refractivity contribution in [2.24, 2.45) is 0 Å². The SMILES string of the molecule is CCCCCCCCCC(CCCOCc1c(F)c(F)c(F)c(F)c1F)OC(OCC)OCC. The number of rotatable bonds is 20. The molecule has 9 heteroatoms. The van der Waals surface area contributed by atoms with Crippen molar-refractivity contribution >= 4 is 0 Å². The van der Waals surface area contributed by atoms with E-state index in [0.29, 0.717) is 26.1 Å². The molecule has 1 unspecified atom stereocenters. The topological polar surface area (TPSA) is 36.9 Å². The summed E-state index contributed by atoms with van der Waals surface area (Å²) in [5.41, 5.74) is -0.972. The minimum atomic E-state index is -2.18. The summed E-state index contributed by atoms with van der Waals surface area (Å²) < 4.78 is 89.4. The minimum absolute atomic E-state index is 0.0737. The molecule has 0 N–H and O–H groups in total. The zero-order valence-corrected chi connectivity index (χ0v) is 20.6. The Morgan fingerprint density at radius 1 is 0.618 bits per heavy atom. The molecule has 0 aliphatic carbocycles. The van der Waals surface area contributed by atoms with Gasteiger partial charge in [-0.1, -0.05) is 51.9 Å². The lowest BCUT2D eigenvalue weighted by atomic mass is 10.0. The van der Waals surface area contributed by atoms with Crippen molar-refractivity contribution in [2.45, 2.75) is 104 Å². The van der Waals surface area contributed by atoms with E-state index in [0.717, 1.165) is 25.7 Å². The van der Waals surface area contributed by atoms with E-state index in [-0.39, 0.29) is 12.7 Å². The number of hydrogen-bond acceptors (Lipinski definition) is 4. The third-order valence-electron chi connectivity index (χ3n) is 5.40. The lowest BCUT2D eigenvalue weighted by molar-refractivity contribution is -0.303. The second-order valence-corrected chi connectivity index (χ2v) is 8.11. The molecular weight excluding hydrogens is 459 g/mol. The quantitative estimate of drug-likeness (QED) is 0.0611. The van der Waals surface area contributed by atoms with Crippen LogP contribution in [0.2, 0.25) is 0 Å². The van der Waals surface area contributed by atoms with Crippen LogP contribution >= 0.6 is 0 Å². The summed E-state index contributed by atoms with van der Waals surface area (Å²) in [5, 5.41) is 0. The van der Waals surface area contributed by atoms with E-state index in [1.54, 1.807) is 0 Å². The second-order valence-electron chi connectivity index (χ2n) is 8.11. The predicted molar refractivity (Wildman–Crippen MR) is 120 cm³/mol. The van der Waals surface area contributed by atoms with Crippen molar-refractivity contribution in [3.05, 3.63) is 34.6 Å². The van der Waals surface area contributed by atoms with Crippen molar-refractivity contribution in [1.82, 2.24) is 0 Å².